The van der Waals surface area contributed by atoms with Crippen molar-refractivity contribution in [1.82, 2.24) is 15.2 Å². The smallest absolute Gasteiger partial charge is 0.246 e. The molecule has 1 atom stereocenters. The number of rotatable bonds is 5. The fourth-order valence-electron chi connectivity index (χ4n) is 2.83. The lowest BCUT2D eigenvalue weighted by atomic mass is 10.0. The molecule has 134 valence electrons. The van der Waals surface area contributed by atoms with E-state index in [1.165, 1.54) is 13.8 Å². The van der Waals surface area contributed by atoms with E-state index in [2.05, 4.69) is 15.2 Å². The van der Waals surface area contributed by atoms with Gasteiger partial charge >= 0.3 is 0 Å². The molecular weight excluding hydrogens is 346 g/mol. The Labute approximate surface area is 145 Å². The van der Waals surface area contributed by atoms with Crippen LogP contribution in [0, 0.1) is 13.8 Å². The summed E-state index contributed by atoms with van der Waals surface area (Å²) in [6.45, 7) is 3.16. The van der Waals surface area contributed by atoms with Crippen LogP contribution in [0.5, 0.6) is 5.75 Å². The molecule has 0 bridgehead atoms. The molecule has 0 aliphatic carbocycles. The number of aromatic nitrogens is 1. The minimum absolute atomic E-state index is 0.0308. The monoisotopic (exact) mass is 365 g/mol. The molecule has 9 heteroatoms. The minimum atomic E-state index is -3.87. The number of fused-ring (bicyclic) bond motifs is 1. The maximum atomic E-state index is 12.3. The molecule has 1 aliphatic heterocycles. The number of ether oxygens (including phenoxy) is 1. The summed E-state index contributed by atoms with van der Waals surface area (Å²) < 4.78 is 37.3. The van der Waals surface area contributed by atoms with Crippen molar-refractivity contribution in [2.24, 2.45) is 0 Å². The molecule has 0 radical (unpaired) electrons. The van der Waals surface area contributed by atoms with Crippen molar-refractivity contribution in [3.05, 3.63) is 41.3 Å². The first kappa shape index (κ1) is 17.4. The Morgan fingerprint density at radius 1 is 1.32 bits per heavy atom. The van der Waals surface area contributed by atoms with Gasteiger partial charge in [0, 0.05) is 12.0 Å². The van der Waals surface area contributed by atoms with Crippen molar-refractivity contribution < 1.29 is 22.5 Å². The van der Waals surface area contributed by atoms with Crippen LogP contribution in [0.1, 0.15) is 29.5 Å². The number of hydrogen-bond donors (Lipinski definition) is 2. The van der Waals surface area contributed by atoms with Crippen LogP contribution in [-0.2, 0) is 14.8 Å². The van der Waals surface area contributed by atoms with E-state index in [0.29, 0.717) is 13.0 Å². The minimum Gasteiger partial charge on any atom is -0.493 e. The van der Waals surface area contributed by atoms with E-state index in [1.807, 2.05) is 24.3 Å². The van der Waals surface area contributed by atoms with Crippen LogP contribution in [0.25, 0.3) is 0 Å². The summed E-state index contributed by atoms with van der Waals surface area (Å²) in [6, 6.07) is 7.25. The van der Waals surface area contributed by atoms with Gasteiger partial charge in [0.15, 0.2) is 5.76 Å². The largest absolute Gasteiger partial charge is 0.493 e. The third kappa shape index (κ3) is 3.67. The first-order valence-corrected chi connectivity index (χ1v) is 9.30. The summed E-state index contributed by atoms with van der Waals surface area (Å²) in [5.74, 6) is 0.496. The molecular formula is C16H19N3O5S. The van der Waals surface area contributed by atoms with Crippen LogP contribution in [0.4, 0.5) is 0 Å². The number of aryl methyl sites for hydroxylation is 2. The van der Waals surface area contributed by atoms with Gasteiger partial charge in [0.1, 0.15) is 16.3 Å². The Morgan fingerprint density at radius 3 is 2.80 bits per heavy atom. The summed E-state index contributed by atoms with van der Waals surface area (Å²) in [5.41, 5.74) is 1.14. The molecule has 0 unspecified atom stereocenters. The fourth-order valence-corrected chi connectivity index (χ4v) is 4.14. The molecule has 0 saturated carbocycles. The topological polar surface area (TPSA) is 111 Å². The molecule has 2 aromatic rings. The number of nitrogens with zero attached hydrogens (tertiary/aromatic N) is 1. The van der Waals surface area contributed by atoms with Crippen molar-refractivity contribution in [3.63, 3.8) is 0 Å². The molecule has 0 saturated heterocycles. The van der Waals surface area contributed by atoms with Gasteiger partial charge in [0.2, 0.25) is 15.9 Å². The highest BCUT2D eigenvalue weighted by Gasteiger charge is 2.26. The third-order valence-corrected chi connectivity index (χ3v) is 5.60. The van der Waals surface area contributed by atoms with Gasteiger partial charge in [-0.05, 0) is 19.9 Å². The number of amides is 1. The second-order valence-electron chi connectivity index (χ2n) is 5.77. The summed E-state index contributed by atoms with van der Waals surface area (Å²) in [5, 5.41) is 6.46. The molecule has 2 heterocycles. The highest BCUT2D eigenvalue weighted by molar-refractivity contribution is 7.89. The van der Waals surface area contributed by atoms with Gasteiger partial charge < -0.3 is 14.6 Å². The Hall–Kier alpha value is -2.39. The van der Waals surface area contributed by atoms with E-state index in [4.69, 9.17) is 9.26 Å². The average molecular weight is 365 g/mol. The van der Waals surface area contributed by atoms with Gasteiger partial charge in [-0.3, -0.25) is 4.79 Å². The quantitative estimate of drug-likeness (QED) is 0.824. The van der Waals surface area contributed by atoms with Crippen LogP contribution in [0.3, 0.4) is 0 Å². The van der Waals surface area contributed by atoms with Crippen molar-refractivity contribution in [2.45, 2.75) is 31.2 Å². The van der Waals surface area contributed by atoms with E-state index in [9.17, 15) is 13.2 Å². The lowest BCUT2D eigenvalue weighted by Gasteiger charge is -2.26. The van der Waals surface area contributed by atoms with Crippen LogP contribution in [-0.4, -0.2) is 32.6 Å². The van der Waals surface area contributed by atoms with Crippen molar-refractivity contribution in [1.29, 1.82) is 0 Å². The van der Waals surface area contributed by atoms with Gasteiger partial charge in [-0.2, -0.15) is 0 Å². The molecule has 1 aromatic heterocycles. The summed E-state index contributed by atoms with van der Waals surface area (Å²) >= 11 is 0. The second-order valence-corrected chi connectivity index (χ2v) is 7.48. The SMILES string of the molecule is Cc1noc(C)c1S(=O)(=O)NCC(=O)N[C@@H]1CCOc2ccccc21. The zero-order chi connectivity index (χ0) is 18.0. The third-order valence-electron chi connectivity index (χ3n) is 3.95. The van der Waals surface area contributed by atoms with Crippen LogP contribution >= 0.6 is 0 Å². The van der Waals surface area contributed by atoms with E-state index in [1.54, 1.807) is 0 Å². The lowest BCUT2D eigenvalue weighted by molar-refractivity contribution is -0.120. The number of hydrogen-bond acceptors (Lipinski definition) is 6. The average Bonchev–Trinajstić information content (AvgIpc) is 2.93. The van der Waals surface area contributed by atoms with Gasteiger partial charge in [0.05, 0.1) is 19.2 Å². The van der Waals surface area contributed by atoms with E-state index in [-0.39, 0.29) is 28.9 Å². The maximum absolute atomic E-state index is 12.3. The number of benzene rings is 1. The Bertz CT molecular complexity index is 871. The van der Waals surface area contributed by atoms with Gasteiger partial charge in [-0.15, -0.1) is 0 Å². The van der Waals surface area contributed by atoms with Gasteiger partial charge in [-0.25, -0.2) is 13.1 Å². The van der Waals surface area contributed by atoms with Gasteiger partial charge in [0.25, 0.3) is 0 Å². The number of carbonyl (C=O) groups excluding carboxylic acids is 1. The summed E-state index contributed by atoms with van der Waals surface area (Å²) in [7, 11) is -3.87. The van der Waals surface area contributed by atoms with E-state index in [0.717, 1.165) is 11.3 Å². The molecule has 2 N–H and O–H groups in total. The molecule has 25 heavy (non-hydrogen) atoms. The normalized spacial score (nSPS) is 16.8. The summed E-state index contributed by atoms with van der Waals surface area (Å²) in [6.07, 6.45) is 0.624. The standard InChI is InChI=1S/C16H19N3O5S/c1-10-16(11(2)24-19-10)25(21,22)17-9-15(20)18-13-7-8-23-14-6-4-3-5-12(13)14/h3-6,13,17H,7-9H2,1-2H3,(H,18,20)/t13-/m1/s1. The predicted molar refractivity (Wildman–Crippen MR) is 88.6 cm³/mol. The molecule has 1 aromatic carbocycles. The first-order chi connectivity index (χ1) is 11.9. The van der Waals surface area contributed by atoms with Gasteiger partial charge in [-0.1, -0.05) is 23.4 Å². The lowest BCUT2D eigenvalue weighted by Crippen LogP contribution is -2.40. The zero-order valence-electron chi connectivity index (χ0n) is 13.9. The van der Waals surface area contributed by atoms with Crippen molar-refractivity contribution in [2.75, 3.05) is 13.2 Å². The van der Waals surface area contributed by atoms with Crippen LogP contribution in [0.15, 0.2) is 33.7 Å². The maximum Gasteiger partial charge on any atom is 0.246 e. The molecule has 1 amide bonds. The predicted octanol–water partition coefficient (Wildman–Crippen LogP) is 1.21. The number of carbonyl (C=O) groups is 1. The number of nitrogens with one attached hydrogen (secondary N) is 2. The van der Waals surface area contributed by atoms with Crippen molar-refractivity contribution in [3.8, 4) is 5.75 Å². The first-order valence-electron chi connectivity index (χ1n) is 7.82. The Kier molecular flexibility index (Phi) is 4.78. The number of sulfonamides is 1. The van der Waals surface area contributed by atoms with E-state index < -0.39 is 15.9 Å². The Balaban J connectivity index is 1.65. The molecule has 0 spiro atoms. The molecule has 1 aliphatic rings. The van der Waals surface area contributed by atoms with Crippen LogP contribution in [0.2, 0.25) is 0 Å². The molecule has 0 fully saturated rings. The Morgan fingerprint density at radius 2 is 2.08 bits per heavy atom. The van der Waals surface area contributed by atoms with Crippen molar-refractivity contribution >= 4 is 15.9 Å². The molecule has 8 nitrogen and oxygen atoms in total. The highest BCUT2D eigenvalue weighted by atomic mass is 32.2. The van der Waals surface area contributed by atoms with E-state index >= 15 is 0 Å². The second kappa shape index (κ2) is 6.85. The zero-order valence-corrected chi connectivity index (χ0v) is 14.7. The highest BCUT2D eigenvalue weighted by Crippen LogP contribution is 2.31. The fraction of sp³-hybridized carbons (Fsp3) is 0.375. The molecule has 3 rings (SSSR count). The number of para-hydroxylation sites is 1. The van der Waals surface area contributed by atoms with Crippen LogP contribution < -0.4 is 14.8 Å². The summed E-state index contributed by atoms with van der Waals surface area (Å²) in [4.78, 5) is 12.2.